The highest BCUT2D eigenvalue weighted by atomic mass is 31.2. The molecular weight excluding hydrogens is 942 g/mol. The molecule has 0 aliphatic carbocycles. The van der Waals surface area contributed by atoms with Crippen molar-refractivity contribution in [3.8, 4) is 17.6 Å². The van der Waals surface area contributed by atoms with Gasteiger partial charge in [0.25, 0.3) is 20.0 Å². The Morgan fingerprint density at radius 3 is 2.00 bits per heavy atom. The lowest BCUT2D eigenvalue weighted by Crippen LogP contribution is -2.74. The number of aromatic amines is 1. The van der Waals surface area contributed by atoms with Crippen LogP contribution in [0, 0.1) is 18.3 Å². The van der Waals surface area contributed by atoms with E-state index in [9.17, 15) is 14.9 Å². The first-order valence-electron chi connectivity index (χ1n) is 24.6. The van der Waals surface area contributed by atoms with Gasteiger partial charge in [-0.2, -0.15) is 5.26 Å². The minimum Gasteiger partial charge on any atom is -0.497 e. The third-order valence-electron chi connectivity index (χ3n) is 14.3. The van der Waals surface area contributed by atoms with Crippen LogP contribution < -0.4 is 20.7 Å². The van der Waals surface area contributed by atoms with Gasteiger partial charge >= 0.3 is 5.69 Å². The van der Waals surface area contributed by atoms with Crippen molar-refractivity contribution in [1.29, 1.82) is 5.26 Å². The number of fused-ring (bicyclic) bond motifs is 1. The van der Waals surface area contributed by atoms with E-state index in [-0.39, 0.29) is 49.7 Å². The number of rotatable bonds is 18. The van der Waals surface area contributed by atoms with Gasteiger partial charge in [-0.15, -0.1) is 0 Å². The molecule has 14 nitrogen and oxygen atoms in total. The summed E-state index contributed by atoms with van der Waals surface area (Å²) in [5.41, 5.74) is -0.966. The van der Waals surface area contributed by atoms with Crippen LogP contribution in [0.5, 0.6) is 11.5 Å². The summed E-state index contributed by atoms with van der Waals surface area (Å²) in [5.74, 6) is 1.03. The topological polar surface area (TPSA) is 158 Å². The number of hydrogen-bond acceptors (Lipinski definition) is 11. The highest BCUT2D eigenvalue weighted by Crippen LogP contribution is 2.56. The lowest BCUT2D eigenvalue weighted by molar-refractivity contribution is -0.201. The molecule has 3 heterocycles. The van der Waals surface area contributed by atoms with Crippen molar-refractivity contribution >= 4 is 46.8 Å². The van der Waals surface area contributed by atoms with Gasteiger partial charge in [-0.1, -0.05) is 103 Å². The average molecular weight is 1000 g/mol. The summed E-state index contributed by atoms with van der Waals surface area (Å²) in [4.78, 5) is 47.3. The van der Waals surface area contributed by atoms with Crippen LogP contribution >= 0.6 is 8.53 Å². The van der Waals surface area contributed by atoms with E-state index < -0.39 is 49.4 Å². The van der Waals surface area contributed by atoms with Crippen LogP contribution in [-0.4, -0.2) is 89.3 Å². The second-order valence-electron chi connectivity index (χ2n) is 19.2. The molecular formula is C58H58N5O9P. The molecule has 1 N–H and O–H groups in total. The third-order valence-corrected chi connectivity index (χ3v) is 16.4. The summed E-state index contributed by atoms with van der Waals surface area (Å²) in [5, 5.41) is 15.7. The van der Waals surface area contributed by atoms with E-state index in [0.717, 1.165) is 49.0 Å². The Hall–Kier alpha value is -6.95. The number of H-pyrrole nitrogens is 1. The van der Waals surface area contributed by atoms with Gasteiger partial charge in [0.15, 0.2) is 5.72 Å². The van der Waals surface area contributed by atoms with Gasteiger partial charge in [-0.3, -0.25) is 19.1 Å². The van der Waals surface area contributed by atoms with Gasteiger partial charge < -0.3 is 32.9 Å². The largest absolute Gasteiger partial charge is 0.497 e. The standard InChI is InChI=1S/C58H58N5O9P/c1-36(2)63(37(3)4)73(70-32-12-31-59)72-52-49(34-69-58(42-15-9-8-10-16-42,43-21-25-45(67-6)26-22-43)44-23-27-46(68-7)28-24-44)71-57(62-33-38(5)54(64)60-56(62)66)35-61(53(52)57)55(65)48-30-20-41-18-17-39-13-11-14-40-19-29-47(48)51(41)50(39)40/h8-11,13-30,33,36-37,49,52-53H,12,32,34-35H2,1-7H3,(H,60,64,66)/t49-,52-,53?,57-,73?/m1/s1. The van der Waals surface area contributed by atoms with Crippen LogP contribution in [0.1, 0.15) is 66.7 Å². The SMILES string of the molecule is COc1ccc(C(OC[C@H]2O[C@]3(n4cc(C)c(=O)[nH]c4=O)CN(C(=O)c4ccc5ccc6cccc7ccc4c5c67)C3[C@@H]2OP(OCCC#N)N(C(C)C)C(C)C)(c2ccccc2)c2ccc(OC)cc2)cc1. The zero-order valence-electron chi connectivity index (χ0n) is 41.9. The van der Waals surface area contributed by atoms with Crippen molar-refractivity contribution in [2.45, 2.75) is 82.7 Å². The molecule has 374 valence electrons. The number of aryl methyl sites for hydroxylation is 1. The minimum atomic E-state index is -1.97. The maximum Gasteiger partial charge on any atom is 0.330 e. The average Bonchev–Trinajstić information content (AvgIpc) is 3.64. The molecule has 7 aromatic carbocycles. The predicted octanol–water partition coefficient (Wildman–Crippen LogP) is 10.0. The number of methoxy groups -OCH3 is 2. The second kappa shape index (κ2) is 20.2. The molecule has 8 aromatic rings. The Morgan fingerprint density at radius 1 is 0.808 bits per heavy atom. The molecule has 2 unspecified atom stereocenters. The zero-order chi connectivity index (χ0) is 51.2. The second-order valence-corrected chi connectivity index (χ2v) is 20.6. The molecule has 2 aliphatic rings. The first kappa shape index (κ1) is 49.6. The smallest absolute Gasteiger partial charge is 0.330 e. The first-order valence-corrected chi connectivity index (χ1v) is 25.7. The summed E-state index contributed by atoms with van der Waals surface area (Å²) in [6.45, 7) is 9.70. The molecule has 15 heteroatoms. The first-order chi connectivity index (χ1) is 35.3. The number of likely N-dealkylation sites (tertiary alicyclic amines) is 1. The molecule has 10 rings (SSSR count). The van der Waals surface area contributed by atoms with Gasteiger partial charge in [0, 0.05) is 29.4 Å². The number of amides is 1. The van der Waals surface area contributed by atoms with E-state index >= 15 is 4.79 Å². The minimum absolute atomic E-state index is 0.0771. The number of nitrogens with one attached hydrogen (secondary N) is 1. The number of benzene rings is 7. The molecule has 0 spiro atoms. The van der Waals surface area contributed by atoms with Gasteiger partial charge in [0.2, 0.25) is 0 Å². The molecule has 73 heavy (non-hydrogen) atoms. The number of hydrogen-bond donors (Lipinski definition) is 1. The number of carbonyl (C=O) groups excluding carboxylic acids is 1. The van der Waals surface area contributed by atoms with Gasteiger partial charge in [-0.25, -0.2) is 9.46 Å². The normalized spacial score (nSPS) is 19.2. The van der Waals surface area contributed by atoms with Crippen LogP contribution in [0.4, 0.5) is 0 Å². The summed E-state index contributed by atoms with van der Waals surface area (Å²) in [6, 6.07) is 44.6. The zero-order valence-corrected chi connectivity index (χ0v) is 42.8. The van der Waals surface area contributed by atoms with Gasteiger partial charge in [-0.05, 0) is 114 Å². The van der Waals surface area contributed by atoms with Crippen molar-refractivity contribution < 1.29 is 32.8 Å². The fourth-order valence-electron chi connectivity index (χ4n) is 11.0. The monoisotopic (exact) mass is 999 g/mol. The Balaban J connectivity index is 1.16. The maximum atomic E-state index is 15.7. The van der Waals surface area contributed by atoms with Crippen LogP contribution in [0.25, 0.3) is 32.3 Å². The lowest BCUT2D eigenvalue weighted by Gasteiger charge is -2.54. The molecule has 0 saturated carbocycles. The molecule has 5 atom stereocenters. The highest BCUT2D eigenvalue weighted by Gasteiger charge is 2.69. The van der Waals surface area contributed by atoms with Crippen LogP contribution in [0.2, 0.25) is 0 Å². The number of aromatic nitrogens is 2. The maximum absolute atomic E-state index is 15.7. The Morgan fingerprint density at radius 2 is 1.40 bits per heavy atom. The molecule has 0 bridgehead atoms. The fraction of sp³-hybridized carbons (Fsp3) is 0.310. The van der Waals surface area contributed by atoms with Crippen molar-refractivity contribution in [3.05, 3.63) is 188 Å². The summed E-state index contributed by atoms with van der Waals surface area (Å²) >= 11 is 0. The van der Waals surface area contributed by atoms with E-state index in [0.29, 0.717) is 17.1 Å². The van der Waals surface area contributed by atoms with E-state index in [1.807, 2.05) is 109 Å². The molecule has 2 aliphatic heterocycles. The summed E-state index contributed by atoms with van der Waals surface area (Å²) in [6.07, 6.45) is -0.406. The molecule has 1 aromatic heterocycles. The van der Waals surface area contributed by atoms with Gasteiger partial charge in [0.1, 0.15) is 35.3 Å². The van der Waals surface area contributed by atoms with Crippen LogP contribution in [0.3, 0.4) is 0 Å². The summed E-state index contributed by atoms with van der Waals surface area (Å²) < 4.78 is 43.7. The number of carbonyl (C=O) groups is 1. The molecule has 0 radical (unpaired) electrons. The molecule has 2 saturated heterocycles. The van der Waals surface area contributed by atoms with Crippen LogP contribution in [0.15, 0.2) is 149 Å². The third kappa shape index (κ3) is 8.64. The van der Waals surface area contributed by atoms with E-state index in [4.69, 9.17) is 28.0 Å². The number of ether oxygens (including phenoxy) is 4. The Bertz CT molecular complexity index is 3380. The highest BCUT2D eigenvalue weighted by molar-refractivity contribution is 7.44. The van der Waals surface area contributed by atoms with Crippen molar-refractivity contribution in [3.63, 3.8) is 0 Å². The van der Waals surface area contributed by atoms with Crippen LogP contribution in [-0.2, 0) is 29.8 Å². The van der Waals surface area contributed by atoms with E-state index in [1.165, 1.54) is 10.8 Å². The summed E-state index contributed by atoms with van der Waals surface area (Å²) in [7, 11) is 1.27. The van der Waals surface area contributed by atoms with Crippen molar-refractivity contribution in [1.82, 2.24) is 19.1 Å². The number of nitriles is 1. The van der Waals surface area contributed by atoms with Crippen molar-refractivity contribution in [2.75, 3.05) is 34.0 Å². The van der Waals surface area contributed by atoms with E-state index in [1.54, 1.807) is 26.0 Å². The van der Waals surface area contributed by atoms with E-state index in [2.05, 4.69) is 67.7 Å². The molecule has 2 fully saturated rings. The Labute approximate surface area is 424 Å². The lowest BCUT2D eigenvalue weighted by atomic mass is 9.80. The molecule has 1 amide bonds. The fourth-order valence-corrected chi connectivity index (χ4v) is 12.7. The predicted molar refractivity (Wildman–Crippen MR) is 282 cm³/mol. The number of nitrogens with zero attached hydrogens (tertiary/aromatic N) is 4. The van der Waals surface area contributed by atoms with Crippen molar-refractivity contribution in [2.24, 2.45) is 0 Å². The quantitative estimate of drug-likeness (QED) is 0.0378. The Kier molecular flexibility index (Phi) is 13.7. The van der Waals surface area contributed by atoms with Gasteiger partial charge in [0.05, 0.1) is 46.5 Å².